The standard InChI is InChI=1S/C14H23N3O2S/c1-5-14(4,11(15)17-19)12(18)16-9-13(2,3)10-7-6-8-20-10/h6-8,19H,5,9H2,1-4H3,(H2,15,17)(H,16,18). The average Bonchev–Trinajstić information content (AvgIpc) is 2.97. The Hall–Kier alpha value is -1.56. The highest BCUT2D eigenvalue weighted by Gasteiger charge is 2.37. The lowest BCUT2D eigenvalue weighted by Crippen LogP contribution is -2.50. The van der Waals surface area contributed by atoms with Crippen molar-refractivity contribution in [3.8, 4) is 0 Å². The zero-order valence-corrected chi connectivity index (χ0v) is 13.3. The molecule has 0 fully saturated rings. The van der Waals surface area contributed by atoms with Crippen molar-refractivity contribution >= 4 is 23.1 Å². The second kappa shape index (κ2) is 6.26. The zero-order chi connectivity index (χ0) is 15.4. The second-order valence-electron chi connectivity index (χ2n) is 5.71. The van der Waals surface area contributed by atoms with Gasteiger partial charge in [0.25, 0.3) is 0 Å². The van der Waals surface area contributed by atoms with Gasteiger partial charge in [0.1, 0.15) is 5.41 Å². The molecule has 0 aromatic carbocycles. The van der Waals surface area contributed by atoms with Gasteiger partial charge in [-0.25, -0.2) is 0 Å². The summed E-state index contributed by atoms with van der Waals surface area (Å²) >= 11 is 1.67. The third-order valence-electron chi connectivity index (χ3n) is 3.76. The maximum Gasteiger partial charge on any atom is 0.233 e. The minimum Gasteiger partial charge on any atom is -0.409 e. The van der Waals surface area contributed by atoms with Crippen molar-refractivity contribution in [1.29, 1.82) is 0 Å². The monoisotopic (exact) mass is 297 g/mol. The van der Waals surface area contributed by atoms with E-state index >= 15 is 0 Å². The summed E-state index contributed by atoms with van der Waals surface area (Å²) in [5, 5.41) is 16.7. The molecule has 1 amide bonds. The fraction of sp³-hybridized carbons (Fsp3) is 0.571. The third-order valence-corrected chi connectivity index (χ3v) is 5.00. The van der Waals surface area contributed by atoms with E-state index < -0.39 is 5.41 Å². The molecule has 0 radical (unpaired) electrons. The van der Waals surface area contributed by atoms with E-state index in [1.54, 1.807) is 18.3 Å². The molecule has 1 rings (SSSR count). The smallest absolute Gasteiger partial charge is 0.233 e. The molecule has 112 valence electrons. The molecule has 1 atom stereocenters. The predicted octanol–water partition coefficient (Wildman–Crippen LogP) is 2.30. The van der Waals surface area contributed by atoms with Crippen LogP contribution in [0.5, 0.6) is 0 Å². The van der Waals surface area contributed by atoms with Crippen LogP contribution in [0.3, 0.4) is 0 Å². The lowest BCUT2D eigenvalue weighted by Gasteiger charge is -2.29. The summed E-state index contributed by atoms with van der Waals surface area (Å²) in [6.45, 7) is 8.16. The Balaban J connectivity index is 2.77. The topological polar surface area (TPSA) is 87.7 Å². The highest BCUT2D eigenvalue weighted by Crippen LogP contribution is 2.27. The molecule has 1 heterocycles. The molecular formula is C14H23N3O2S. The number of carbonyl (C=O) groups is 1. The Labute approximate surface area is 123 Å². The van der Waals surface area contributed by atoms with Gasteiger partial charge in [-0.15, -0.1) is 11.3 Å². The van der Waals surface area contributed by atoms with Crippen LogP contribution in [0, 0.1) is 5.41 Å². The molecule has 0 aliphatic rings. The van der Waals surface area contributed by atoms with Gasteiger partial charge >= 0.3 is 0 Å². The first-order valence-electron chi connectivity index (χ1n) is 6.58. The number of rotatable bonds is 6. The van der Waals surface area contributed by atoms with Crippen molar-refractivity contribution in [2.45, 2.75) is 39.5 Å². The number of hydrogen-bond donors (Lipinski definition) is 3. The summed E-state index contributed by atoms with van der Waals surface area (Å²) in [6.07, 6.45) is 0.466. The van der Waals surface area contributed by atoms with Crippen LogP contribution in [0.1, 0.15) is 39.0 Å². The number of nitrogens with two attached hydrogens (primary N) is 1. The average molecular weight is 297 g/mol. The largest absolute Gasteiger partial charge is 0.409 e. The van der Waals surface area contributed by atoms with E-state index in [0.29, 0.717) is 13.0 Å². The van der Waals surface area contributed by atoms with Gasteiger partial charge in [-0.2, -0.15) is 0 Å². The SMILES string of the molecule is CCC(C)(C(=O)NCC(C)(C)c1cccs1)/C(N)=N/O. The lowest BCUT2D eigenvalue weighted by molar-refractivity contribution is -0.127. The van der Waals surface area contributed by atoms with Gasteiger partial charge in [0.05, 0.1) is 0 Å². The van der Waals surface area contributed by atoms with Crippen LogP contribution in [0.25, 0.3) is 0 Å². The highest BCUT2D eigenvalue weighted by molar-refractivity contribution is 7.10. The van der Waals surface area contributed by atoms with Crippen LogP contribution in [-0.2, 0) is 10.2 Å². The second-order valence-corrected chi connectivity index (χ2v) is 6.66. The number of thiophene rings is 1. The van der Waals surface area contributed by atoms with Crippen LogP contribution in [0.4, 0.5) is 0 Å². The molecule has 0 spiro atoms. The zero-order valence-electron chi connectivity index (χ0n) is 12.4. The number of nitrogens with one attached hydrogen (secondary N) is 1. The first-order valence-corrected chi connectivity index (χ1v) is 7.46. The summed E-state index contributed by atoms with van der Waals surface area (Å²) in [4.78, 5) is 13.5. The molecule has 1 unspecified atom stereocenters. The highest BCUT2D eigenvalue weighted by atomic mass is 32.1. The van der Waals surface area contributed by atoms with Crippen molar-refractivity contribution in [2.24, 2.45) is 16.3 Å². The van der Waals surface area contributed by atoms with Gasteiger partial charge in [-0.05, 0) is 24.8 Å². The molecule has 1 aromatic rings. The Morgan fingerprint density at radius 2 is 2.15 bits per heavy atom. The van der Waals surface area contributed by atoms with Gasteiger partial charge in [0, 0.05) is 16.8 Å². The van der Waals surface area contributed by atoms with Gasteiger partial charge in [-0.1, -0.05) is 32.0 Å². The maximum atomic E-state index is 12.3. The summed E-state index contributed by atoms with van der Waals surface area (Å²) in [5.74, 6) is -0.286. The molecule has 1 aromatic heterocycles. The number of hydrogen-bond acceptors (Lipinski definition) is 4. The Morgan fingerprint density at radius 1 is 1.50 bits per heavy atom. The van der Waals surface area contributed by atoms with Crippen LogP contribution < -0.4 is 11.1 Å². The molecule has 0 bridgehead atoms. The summed E-state index contributed by atoms with van der Waals surface area (Å²) in [6, 6.07) is 4.05. The minimum absolute atomic E-state index is 0.0635. The Kier molecular flexibility index (Phi) is 5.16. The van der Waals surface area contributed by atoms with E-state index in [2.05, 4.69) is 30.4 Å². The van der Waals surface area contributed by atoms with Crippen molar-refractivity contribution in [3.05, 3.63) is 22.4 Å². The number of oxime groups is 1. The normalized spacial score (nSPS) is 15.7. The first kappa shape index (κ1) is 16.5. The fourth-order valence-electron chi connectivity index (χ4n) is 1.82. The van der Waals surface area contributed by atoms with Crippen molar-refractivity contribution < 1.29 is 10.0 Å². The van der Waals surface area contributed by atoms with Crippen LogP contribution in [0.2, 0.25) is 0 Å². The molecule has 0 aliphatic heterocycles. The summed E-state index contributed by atoms with van der Waals surface area (Å²) in [5.41, 5.74) is 4.50. The van der Waals surface area contributed by atoms with Gasteiger partial charge in [0.2, 0.25) is 5.91 Å². The Morgan fingerprint density at radius 3 is 2.60 bits per heavy atom. The third kappa shape index (κ3) is 3.30. The van der Waals surface area contributed by atoms with E-state index in [0.717, 1.165) is 0 Å². The van der Waals surface area contributed by atoms with Gasteiger partial charge in [0.15, 0.2) is 5.84 Å². The van der Waals surface area contributed by atoms with Crippen LogP contribution in [-0.4, -0.2) is 23.5 Å². The molecule has 4 N–H and O–H groups in total. The predicted molar refractivity (Wildman–Crippen MR) is 82.2 cm³/mol. The van der Waals surface area contributed by atoms with E-state index in [4.69, 9.17) is 10.9 Å². The van der Waals surface area contributed by atoms with Crippen molar-refractivity contribution in [2.75, 3.05) is 6.54 Å². The molecular weight excluding hydrogens is 274 g/mol. The van der Waals surface area contributed by atoms with E-state index in [-0.39, 0.29) is 17.2 Å². The Bertz CT molecular complexity index is 483. The first-order chi connectivity index (χ1) is 9.28. The number of amides is 1. The minimum atomic E-state index is -0.986. The van der Waals surface area contributed by atoms with E-state index in [1.807, 2.05) is 18.4 Å². The van der Waals surface area contributed by atoms with Crippen LogP contribution in [0.15, 0.2) is 22.7 Å². The fourth-order valence-corrected chi connectivity index (χ4v) is 2.67. The molecule has 0 aliphatic carbocycles. The number of nitrogens with zero attached hydrogens (tertiary/aromatic N) is 1. The molecule has 20 heavy (non-hydrogen) atoms. The van der Waals surface area contributed by atoms with E-state index in [9.17, 15) is 4.79 Å². The van der Waals surface area contributed by atoms with Gasteiger partial charge in [-0.3, -0.25) is 4.79 Å². The van der Waals surface area contributed by atoms with E-state index in [1.165, 1.54) is 4.88 Å². The quantitative estimate of drug-likeness (QED) is 0.326. The van der Waals surface area contributed by atoms with Crippen molar-refractivity contribution in [1.82, 2.24) is 5.32 Å². The summed E-state index contributed by atoms with van der Waals surface area (Å²) < 4.78 is 0. The molecule has 6 heteroatoms. The summed E-state index contributed by atoms with van der Waals surface area (Å²) in [7, 11) is 0. The molecule has 0 saturated heterocycles. The number of amidine groups is 1. The maximum absolute atomic E-state index is 12.3. The van der Waals surface area contributed by atoms with Gasteiger partial charge < -0.3 is 16.3 Å². The lowest BCUT2D eigenvalue weighted by atomic mass is 9.84. The van der Waals surface area contributed by atoms with Crippen LogP contribution >= 0.6 is 11.3 Å². The molecule has 5 nitrogen and oxygen atoms in total. The number of carbonyl (C=O) groups excluding carboxylic acids is 1. The van der Waals surface area contributed by atoms with Crippen molar-refractivity contribution in [3.63, 3.8) is 0 Å². The molecule has 0 saturated carbocycles.